The monoisotopic (exact) mass is 255 g/mol. The van der Waals surface area contributed by atoms with Gasteiger partial charge in [-0.05, 0) is 18.6 Å². The second-order valence-electron chi connectivity index (χ2n) is 3.27. The Bertz CT molecular complexity index is 498. The molecule has 0 aliphatic carbocycles. The molecule has 0 atom stereocenters. The first kappa shape index (κ1) is 14.0. The maximum absolute atomic E-state index is 12.8. The smallest absolute Gasteiger partial charge is 0.356 e. The van der Waals surface area contributed by atoms with Gasteiger partial charge in [0, 0.05) is 6.54 Å². The minimum Gasteiger partial charge on any atom is -0.461 e. The van der Waals surface area contributed by atoms with Gasteiger partial charge in [0.1, 0.15) is 11.8 Å². The second-order valence-corrected chi connectivity index (χ2v) is 3.27. The van der Waals surface area contributed by atoms with Crippen molar-refractivity contribution in [2.24, 2.45) is 5.73 Å². The largest absolute Gasteiger partial charge is 0.461 e. The van der Waals surface area contributed by atoms with Gasteiger partial charge in [0.2, 0.25) is 0 Å². The second kappa shape index (κ2) is 6.02. The topological polar surface area (TPSA) is 89.0 Å². The van der Waals surface area contributed by atoms with Gasteiger partial charge in [-0.25, -0.2) is 18.6 Å². The van der Waals surface area contributed by atoms with Crippen LogP contribution in [-0.4, -0.2) is 17.6 Å². The van der Waals surface area contributed by atoms with Gasteiger partial charge in [-0.2, -0.15) is 5.26 Å². The molecule has 1 heterocycles. The number of pyridine rings is 1. The van der Waals surface area contributed by atoms with Crippen molar-refractivity contribution in [3.05, 3.63) is 28.6 Å². The van der Waals surface area contributed by atoms with Crippen molar-refractivity contribution < 1.29 is 18.3 Å². The van der Waals surface area contributed by atoms with Crippen LogP contribution in [0.3, 0.4) is 0 Å². The van der Waals surface area contributed by atoms with Crippen LogP contribution in [0.15, 0.2) is 6.07 Å². The Kier molecular flexibility index (Phi) is 4.68. The van der Waals surface area contributed by atoms with Gasteiger partial charge in [-0.1, -0.05) is 0 Å². The van der Waals surface area contributed by atoms with Gasteiger partial charge in [-0.3, -0.25) is 0 Å². The molecule has 0 radical (unpaired) electrons. The molecule has 96 valence electrons. The zero-order chi connectivity index (χ0) is 13.7. The number of carbonyl (C=O) groups excluding carboxylic acids is 1. The predicted molar refractivity (Wildman–Crippen MR) is 57.8 cm³/mol. The number of alkyl halides is 2. The summed E-state index contributed by atoms with van der Waals surface area (Å²) in [5, 5.41) is 8.78. The minimum atomic E-state index is -2.87. The maximum Gasteiger partial charge on any atom is 0.356 e. The number of nitrogens with two attached hydrogens (primary N) is 1. The van der Waals surface area contributed by atoms with E-state index in [1.54, 1.807) is 6.92 Å². The van der Waals surface area contributed by atoms with E-state index < -0.39 is 23.7 Å². The first-order valence-corrected chi connectivity index (χ1v) is 5.14. The molecule has 2 N–H and O–H groups in total. The fraction of sp³-hybridized carbons (Fsp3) is 0.364. The number of esters is 1. The molecule has 0 saturated carbocycles. The molecule has 0 bridgehead atoms. The molecule has 1 aromatic rings. The van der Waals surface area contributed by atoms with Crippen molar-refractivity contribution in [3.8, 4) is 6.07 Å². The summed E-state index contributed by atoms with van der Waals surface area (Å²) in [6, 6.07) is 2.66. The molecule has 0 aliphatic rings. The Morgan fingerprint density at radius 3 is 2.78 bits per heavy atom. The van der Waals surface area contributed by atoms with Gasteiger partial charge in [0.25, 0.3) is 6.43 Å². The molecule has 0 fully saturated rings. The molecule has 5 nitrogen and oxygen atoms in total. The van der Waals surface area contributed by atoms with E-state index in [2.05, 4.69) is 9.72 Å². The van der Waals surface area contributed by atoms with Crippen LogP contribution >= 0.6 is 0 Å². The van der Waals surface area contributed by atoms with Gasteiger partial charge in [0.15, 0.2) is 5.69 Å². The summed E-state index contributed by atoms with van der Waals surface area (Å²) in [6.45, 7) is 1.50. The minimum absolute atomic E-state index is 0.0135. The zero-order valence-electron chi connectivity index (χ0n) is 9.61. The van der Waals surface area contributed by atoms with Crippen LogP contribution in [0.25, 0.3) is 0 Å². The number of rotatable bonds is 4. The number of halogens is 2. The third kappa shape index (κ3) is 2.78. The Morgan fingerprint density at radius 1 is 1.67 bits per heavy atom. The van der Waals surface area contributed by atoms with Crippen LogP contribution in [0.5, 0.6) is 0 Å². The lowest BCUT2D eigenvalue weighted by molar-refractivity contribution is 0.0518. The first-order valence-electron chi connectivity index (χ1n) is 5.14. The maximum atomic E-state index is 12.8. The third-order valence-electron chi connectivity index (χ3n) is 2.17. The summed E-state index contributed by atoms with van der Waals surface area (Å²) >= 11 is 0. The van der Waals surface area contributed by atoms with E-state index in [4.69, 9.17) is 11.0 Å². The van der Waals surface area contributed by atoms with Crippen molar-refractivity contribution >= 4 is 5.97 Å². The van der Waals surface area contributed by atoms with Crippen molar-refractivity contribution in [2.45, 2.75) is 19.9 Å². The van der Waals surface area contributed by atoms with E-state index in [1.165, 1.54) is 6.07 Å². The molecule has 0 spiro atoms. The van der Waals surface area contributed by atoms with E-state index in [1.807, 2.05) is 0 Å². The van der Waals surface area contributed by atoms with Crippen LogP contribution in [0.1, 0.15) is 40.7 Å². The molecule has 0 saturated heterocycles. The number of hydrogen-bond donors (Lipinski definition) is 1. The highest BCUT2D eigenvalue weighted by Gasteiger charge is 2.22. The lowest BCUT2D eigenvalue weighted by Gasteiger charge is -2.10. The summed E-state index contributed by atoms with van der Waals surface area (Å²) in [6.07, 6.45) is -2.87. The number of nitriles is 1. The molecular formula is C11H11F2N3O2. The van der Waals surface area contributed by atoms with Crippen LogP contribution in [0.2, 0.25) is 0 Å². The summed E-state index contributed by atoms with van der Waals surface area (Å²) in [5.74, 6) is -0.774. The summed E-state index contributed by atoms with van der Waals surface area (Å²) in [4.78, 5) is 15.0. The van der Waals surface area contributed by atoms with E-state index in [-0.39, 0.29) is 24.4 Å². The van der Waals surface area contributed by atoms with Crippen molar-refractivity contribution in [3.63, 3.8) is 0 Å². The molecule has 1 rings (SSSR count). The van der Waals surface area contributed by atoms with Crippen molar-refractivity contribution in [1.82, 2.24) is 4.98 Å². The molecule has 7 heteroatoms. The highest BCUT2D eigenvalue weighted by atomic mass is 19.3. The number of aromatic nitrogens is 1. The Labute approximate surface area is 102 Å². The number of hydrogen-bond acceptors (Lipinski definition) is 5. The Morgan fingerprint density at radius 2 is 2.33 bits per heavy atom. The van der Waals surface area contributed by atoms with Crippen LogP contribution in [0.4, 0.5) is 8.78 Å². The molecular weight excluding hydrogens is 244 g/mol. The van der Waals surface area contributed by atoms with Crippen LogP contribution in [0, 0.1) is 11.3 Å². The summed E-state index contributed by atoms with van der Waals surface area (Å²) in [7, 11) is 0. The molecule has 0 amide bonds. The van der Waals surface area contributed by atoms with Gasteiger partial charge < -0.3 is 10.5 Å². The zero-order valence-corrected chi connectivity index (χ0v) is 9.61. The molecule has 0 unspecified atom stereocenters. The predicted octanol–water partition coefficient (Wildman–Crippen LogP) is 1.53. The highest BCUT2D eigenvalue weighted by Crippen LogP contribution is 2.26. The lowest BCUT2D eigenvalue weighted by atomic mass is 10.1. The van der Waals surface area contributed by atoms with Gasteiger partial charge in [0.05, 0.1) is 12.2 Å². The van der Waals surface area contributed by atoms with E-state index in [9.17, 15) is 13.6 Å². The highest BCUT2D eigenvalue weighted by molar-refractivity contribution is 5.87. The van der Waals surface area contributed by atoms with Crippen LogP contribution < -0.4 is 5.73 Å². The van der Waals surface area contributed by atoms with Gasteiger partial charge >= 0.3 is 5.97 Å². The standard InChI is InChI=1S/C11H11F2N3O2/c1-2-18-11(17)7-3-6(4-14)9(10(12)13)8(5-15)16-7/h3,10H,2,4,14H2,1H3. The number of nitrogens with zero attached hydrogens (tertiary/aromatic N) is 2. The average molecular weight is 255 g/mol. The molecule has 0 aromatic carbocycles. The fourth-order valence-corrected chi connectivity index (χ4v) is 1.42. The average Bonchev–Trinajstić information content (AvgIpc) is 2.36. The van der Waals surface area contributed by atoms with Crippen molar-refractivity contribution in [1.29, 1.82) is 5.26 Å². The van der Waals surface area contributed by atoms with E-state index in [0.29, 0.717) is 0 Å². The van der Waals surface area contributed by atoms with Crippen molar-refractivity contribution in [2.75, 3.05) is 6.61 Å². The molecule has 0 aliphatic heterocycles. The Hall–Kier alpha value is -2.07. The summed E-state index contributed by atoms with van der Waals surface area (Å²) in [5.41, 5.74) is 4.11. The number of ether oxygens (including phenoxy) is 1. The van der Waals surface area contributed by atoms with Gasteiger partial charge in [-0.15, -0.1) is 0 Å². The molecule has 18 heavy (non-hydrogen) atoms. The Balaban J connectivity index is 3.36. The van der Waals surface area contributed by atoms with E-state index >= 15 is 0 Å². The first-order chi connectivity index (χ1) is 8.54. The van der Waals surface area contributed by atoms with E-state index in [0.717, 1.165) is 6.07 Å². The lowest BCUT2D eigenvalue weighted by Crippen LogP contribution is -2.13. The number of carbonyl (C=O) groups is 1. The normalized spacial score (nSPS) is 10.2. The molecule has 1 aromatic heterocycles. The SMILES string of the molecule is CCOC(=O)c1cc(CN)c(C(F)F)c(C#N)n1. The fourth-order valence-electron chi connectivity index (χ4n) is 1.42. The van der Waals surface area contributed by atoms with Crippen LogP contribution in [-0.2, 0) is 11.3 Å². The quantitative estimate of drug-likeness (QED) is 0.824. The third-order valence-corrected chi connectivity index (χ3v) is 2.17. The summed E-state index contributed by atoms with van der Waals surface area (Å²) < 4.78 is 30.2.